The fraction of sp³-hybridized carbons (Fsp3) is 0.333. The van der Waals surface area contributed by atoms with Crippen molar-refractivity contribution < 1.29 is 9.59 Å². The molecule has 1 aliphatic heterocycles. The number of rotatable bonds is 6. The van der Waals surface area contributed by atoms with Crippen LogP contribution in [0.25, 0.3) is 0 Å². The first kappa shape index (κ1) is 19.8. The largest absolute Gasteiger partial charge is 0.339 e. The summed E-state index contributed by atoms with van der Waals surface area (Å²) in [6.07, 6.45) is 3.19. The Morgan fingerprint density at radius 2 is 1.93 bits per heavy atom. The molecule has 1 aromatic heterocycles. The van der Waals surface area contributed by atoms with Crippen molar-refractivity contribution in [2.75, 3.05) is 19.6 Å². The normalized spacial score (nSPS) is 14.8. The summed E-state index contributed by atoms with van der Waals surface area (Å²) in [5, 5.41) is 2.03. The highest BCUT2D eigenvalue weighted by Crippen LogP contribution is 2.23. The summed E-state index contributed by atoms with van der Waals surface area (Å²) in [6.45, 7) is 6.20. The van der Waals surface area contributed by atoms with E-state index < -0.39 is 0 Å². The van der Waals surface area contributed by atoms with E-state index in [-0.39, 0.29) is 17.7 Å². The molecule has 3 rings (SSSR count). The molecule has 2 amide bonds. The molecule has 0 aliphatic carbocycles. The molecule has 0 spiro atoms. The molecule has 0 unspecified atom stereocenters. The zero-order chi connectivity index (χ0) is 19.2. The van der Waals surface area contributed by atoms with E-state index in [0.29, 0.717) is 44.6 Å². The summed E-state index contributed by atoms with van der Waals surface area (Å²) in [5.41, 5.74) is 0.689. The molecule has 0 atom stereocenters. The summed E-state index contributed by atoms with van der Waals surface area (Å²) in [7, 11) is 0. The van der Waals surface area contributed by atoms with E-state index in [2.05, 4.69) is 22.5 Å². The van der Waals surface area contributed by atoms with Crippen molar-refractivity contribution in [2.24, 2.45) is 5.92 Å². The van der Waals surface area contributed by atoms with Gasteiger partial charge in [0.15, 0.2) is 0 Å². The Hall–Kier alpha value is -1.92. The topological polar surface area (TPSA) is 40.6 Å². The molecule has 0 bridgehead atoms. The average Bonchev–Trinajstić information content (AvgIpc) is 3.20. The van der Waals surface area contributed by atoms with Gasteiger partial charge in [0, 0.05) is 40.5 Å². The van der Waals surface area contributed by atoms with Crippen LogP contribution in [0.2, 0.25) is 0 Å². The van der Waals surface area contributed by atoms with Crippen molar-refractivity contribution in [3.05, 3.63) is 69.3 Å². The number of hydrogen-bond donors (Lipinski definition) is 0. The molecular formula is C21H23BrN2O2S. The molecule has 142 valence electrons. The third kappa shape index (κ3) is 5.08. The monoisotopic (exact) mass is 446 g/mol. The van der Waals surface area contributed by atoms with Crippen molar-refractivity contribution in [1.29, 1.82) is 0 Å². The number of thiophene rings is 1. The van der Waals surface area contributed by atoms with Crippen LogP contribution < -0.4 is 0 Å². The summed E-state index contributed by atoms with van der Waals surface area (Å²) in [5.74, 6) is 0.174. The summed E-state index contributed by atoms with van der Waals surface area (Å²) in [6, 6.07) is 11.5. The molecule has 6 heteroatoms. The number of amides is 2. The second kappa shape index (κ2) is 9.33. The van der Waals surface area contributed by atoms with Gasteiger partial charge in [0.25, 0.3) is 5.91 Å². The van der Waals surface area contributed by atoms with E-state index in [1.54, 1.807) is 17.4 Å². The minimum absolute atomic E-state index is 0.0288. The number of likely N-dealkylation sites (tertiary alicyclic amines) is 1. The minimum atomic E-state index is -0.0288. The average molecular weight is 447 g/mol. The Bertz CT molecular complexity index is 781. The van der Waals surface area contributed by atoms with Gasteiger partial charge in [-0.25, -0.2) is 0 Å². The lowest BCUT2D eigenvalue weighted by atomic mass is 9.94. The molecule has 2 heterocycles. The van der Waals surface area contributed by atoms with E-state index >= 15 is 0 Å². The van der Waals surface area contributed by atoms with Gasteiger partial charge < -0.3 is 9.80 Å². The van der Waals surface area contributed by atoms with Crippen LogP contribution in [0.15, 0.2) is 58.9 Å². The second-order valence-electron chi connectivity index (χ2n) is 6.66. The first-order valence-electron chi connectivity index (χ1n) is 9.05. The van der Waals surface area contributed by atoms with Crippen LogP contribution >= 0.6 is 27.3 Å². The Kier molecular flexibility index (Phi) is 6.85. The molecule has 0 saturated carbocycles. The summed E-state index contributed by atoms with van der Waals surface area (Å²) in [4.78, 5) is 30.5. The van der Waals surface area contributed by atoms with Gasteiger partial charge in [0.1, 0.15) is 0 Å². The Labute approximate surface area is 172 Å². The van der Waals surface area contributed by atoms with Crippen molar-refractivity contribution in [2.45, 2.75) is 19.4 Å². The summed E-state index contributed by atoms with van der Waals surface area (Å²) >= 11 is 5.05. The van der Waals surface area contributed by atoms with Gasteiger partial charge in [-0.3, -0.25) is 9.59 Å². The van der Waals surface area contributed by atoms with Crippen LogP contribution in [0.3, 0.4) is 0 Å². The van der Waals surface area contributed by atoms with Crippen LogP contribution in [-0.2, 0) is 11.3 Å². The van der Waals surface area contributed by atoms with Gasteiger partial charge in [-0.15, -0.1) is 17.9 Å². The van der Waals surface area contributed by atoms with Gasteiger partial charge in [-0.2, -0.15) is 0 Å². The predicted molar refractivity (Wildman–Crippen MR) is 113 cm³/mol. The van der Waals surface area contributed by atoms with Gasteiger partial charge >= 0.3 is 0 Å². The highest BCUT2D eigenvalue weighted by Gasteiger charge is 2.30. The SMILES string of the molecule is C=CCN(Cc1cccs1)C(=O)C1CCN(C(=O)c2ccc(Br)cc2)CC1. The molecule has 1 fully saturated rings. The van der Waals surface area contributed by atoms with Crippen LogP contribution in [0.5, 0.6) is 0 Å². The van der Waals surface area contributed by atoms with Crippen molar-refractivity contribution in [3.8, 4) is 0 Å². The van der Waals surface area contributed by atoms with Crippen molar-refractivity contribution >= 4 is 39.1 Å². The van der Waals surface area contributed by atoms with Crippen LogP contribution in [0.1, 0.15) is 28.1 Å². The van der Waals surface area contributed by atoms with E-state index in [1.807, 2.05) is 51.6 Å². The number of carbonyl (C=O) groups excluding carboxylic acids is 2. The van der Waals surface area contributed by atoms with E-state index in [9.17, 15) is 9.59 Å². The highest BCUT2D eigenvalue weighted by molar-refractivity contribution is 9.10. The minimum Gasteiger partial charge on any atom is -0.339 e. The highest BCUT2D eigenvalue weighted by atomic mass is 79.9. The molecule has 0 N–H and O–H groups in total. The lowest BCUT2D eigenvalue weighted by Crippen LogP contribution is -2.44. The molecule has 0 radical (unpaired) electrons. The molecular weight excluding hydrogens is 424 g/mol. The fourth-order valence-electron chi connectivity index (χ4n) is 3.34. The maximum Gasteiger partial charge on any atom is 0.253 e. The fourth-order valence-corrected chi connectivity index (χ4v) is 4.33. The van der Waals surface area contributed by atoms with E-state index in [1.165, 1.54) is 4.88 Å². The van der Waals surface area contributed by atoms with Gasteiger partial charge in [-0.05, 0) is 48.6 Å². The molecule has 27 heavy (non-hydrogen) atoms. The number of piperidine rings is 1. The second-order valence-corrected chi connectivity index (χ2v) is 8.61. The molecule has 1 aromatic carbocycles. The number of hydrogen-bond acceptors (Lipinski definition) is 3. The molecule has 2 aromatic rings. The zero-order valence-corrected chi connectivity index (χ0v) is 17.5. The molecule has 1 saturated heterocycles. The lowest BCUT2D eigenvalue weighted by molar-refractivity contribution is -0.137. The lowest BCUT2D eigenvalue weighted by Gasteiger charge is -2.34. The quantitative estimate of drug-likeness (QED) is 0.609. The Balaban J connectivity index is 1.58. The molecule has 1 aliphatic rings. The van der Waals surface area contributed by atoms with Crippen LogP contribution in [-0.4, -0.2) is 41.2 Å². The number of benzene rings is 1. The van der Waals surface area contributed by atoms with Gasteiger partial charge in [0.2, 0.25) is 5.91 Å². The standard InChI is InChI=1S/C21H23BrN2O2S/c1-2-11-24(15-19-4-3-14-27-19)21(26)17-9-12-23(13-10-17)20(25)16-5-7-18(22)8-6-16/h2-8,14,17H,1,9-13,15H2. The Morgan fingerprint density at radius 1 is 1.22 bits per heavy atom. The van der Waals surface area contributed by atoms with Crippen LogP contribution in [0, 0.1) is 5.92 Å². The smallest absolute Gasteiger partial charge is 0.253 e. The first-order chi connectivity index (χ1) is 13.1. The summed E-state index contributed by atoms with van der Waals surface area (Å²) < 4.78 is 0.955. The third-order valence-electron chi connectivity index (χ3n) is 4.81. The number of nitrogens with zero attached hydrogens (tertiary/aromatic N) is 2. The van der Waals surface area contributed by atoms with Crippen molar-refractivity contribution in [1.82, 2.24) is 9.80 Å². The Morgan fingerprint density at radius 3 is 2.52 bits per heavy atom. The molecule has 4 nitrogen and oxygen atoms in total. The predicted octanol–water partition coefficient (Wildman–Crippen LogP) is 4.58. The maximum atomic E-state index is 13.0. The van der Waals surface area contributed by atoms with Crippen LogP contribution in [0.4, 0.5) is 0 Å². The van der Waals surface area contributed by atoms with Gasteiger partial charge in [-0.1, -0.05) is 28.1 Å². The number of halogens is 1. The van der Waals surface area contributed by atoms with E-state index in [4.69, 9.17) is 0 Å². The zero-order valence-electron chi connectivity index (χ0n) is 15.1. The van der Waals surface area contributed by atoms with Crippen molar-refractivity contribution in [3.63, 3.8) is 0 Å². The van der Waals surface area contributed by atoms with Gasteiger partial charge in [0.05, 0.1) is 6.54 Å². The number of carbonyl (C=O) groups is 2. The van der Waals surface area contributed by atoms with E-state index in [0.717, 1.165) is 4.47 Å². The third-order valence-corrected chi connectivity index (χ3v) is 6.20. The maximum absolute atomic E-state index is 13.0. The first-order valence-corrected chi connectivity index (χ1v) is 10.7.